The fourth-order valence-corrected chi connectivity index (χ4v) is 3.95. The molecular formula is C23H23N7O2S. The first-order valence-electron chi connectivity index (χ1n) is 10.3. The van der Waals surface area contributed by atoms with Gasteiger partial charge in [-0.15, -0.1) is 10.2 Å². The number of nitrogens with zero attached hydrogens (tertiary/aromatic N) is 4. The normalized spacial score (nSPS) is 10.8. The zero-order valence-corrected chi connectivity index (χ0v) is 19.0. The molecule has 10 heteroatoms. The molecule has 0 bridgehead atoms. The van der Waals surface area contributed by atoms with E-state index in [0.717, 1.165) is 39.5 Å². The molecule has 0 atom stereocenters. The quantitative estimate of drug-likeness (QED) is 0.297. The second-order valence-electron chi connectivity index (χ2n) is 7.31. The predicted molar refractivity (Wildman–Crippen MR) is 129 cm³/mol. The molecule has 0 aliphatic carbocycles. The van der Waals surface area contributed by atoms with Crippen LogP contribution >= 0.6 is 11.8 Å². The van der Waals surface area contributed by atoms with Crippen molar-refractivity contribution in [2.45, 2.75) is 19.0 Å². The van der Waals surface area contributed by atoms with E-state index >= 15 is 0 Å². The van der Waals surface area contributed by atoms with Crippen LogP contribution in [0, 0.1) is 6.92 Å². The summed E-state index contributed by atoms with van der Waals surface area (Å²) in [5.74, 6) is 6.28. The number of urea groups is 1. The van der Waals surface area contributed by atoms with E-state index in [9.17, 15) is 9.59 Å². The SMILES string of the molecule is CCNC(=O)NC(=O)CSc1nnc(-c2cc(-c3ccc(C)cc3)nc3ccccc23)n1N. The van der Waals surface area contributed by atoms with Crippen LogP contribution in [-0.2, 0) is 4.79 Å². The van der Waals surface area contributed by atoms with E-state index in [-0.39, 0.29) is 5.75 Å². The van der Waals surface area contributed by atoms with Crippen LogP contribution in [0.4, 0.5) is 4.79 Å². The van der Waals surface area contributed by atoms with Gasteiger partial charge in [0.05, 0.1) is 17.0 Å². The first-order chi connectivity index (χ1) is 16.0. The number of rotatable bonds is 6. The van der Waals surface area contributed by atoms with E-state index in [4.69, 9.17) is 10.8 Å². The highest BCUT2D eigenvalue weighted by atomic mass is 32.2. The molecular weight excluding hydrogens is 438 g/mol. The fourth-order valence-electron chi connectivity index (χ4n) is 3.29. The number of thioether (sulfide) groups is 1. The molecule has 33 heavy (non-hydrogen) atoms. The van der Waals surface area contributed by atoms with E-state index in [0.29, 0.717) is 17.5 Å². The molecule has 3 amide bonds. The van der Waals surface area contributed by atoms with Crippen LogP contribution in [0.1, 0.15) is 12.5 Å². The molecule has 0 radical (unpaired) electrons. The summed E-state index contributed by atoms with van der Waals surface area (Å²) in [6.07, 6.45) is 0. The number of aromatic nitrogens is 4. The Hall–Kier alpha value is -3.92. The van der Waals surface area contributed by atoms with Crippen LogP contribution in [0.3, 0.4) is 0 Å². The average Bonchev–Trinajstić information content (AvgIpc) is 3.17. The van der Waals surface area contributed by atoms with E-state index in [2.05, 4.69) is 20.8 Å². The van der Waals surface area contributed by atoms with Gasteiger partial charge >= 0.3 is 6.03 Å². The molecule has 4 N–H and O–H groups in total. The largest absolute Gasteiger partial charge is 0.338 e. The Kier molecular flexibility index (Phi) is 6.55. The lowest BCUT2D eigenvalue weighted by atomic mass is 10.0. The number of benzene rings is 2. The highest BCUT2D eigenvalue weighted by molar-refractivity contribution is 7.99. The van der Waals surface area contributed by atoms with Gasteiger partial charge in [0.1, 0.15) is 0 Å². The van der Waals surface area contributed by atoms with Crippen molar-refractivity contribution in [3.05, 3.63) is 60.2 Å². The second-order valence-corrected chi connectivity index (χ2v) is 8.25. The summed E-state index contributed by atoms with van der Waals surface area (Å²) >= 11 is 1.09. The monoisotopic (exact) mass is 461 g/mol. The smallest absolute Gasteiger partial charge is 0.321 e. The topological polar surface area (TPSA) is 128 Å². The summed E-state index contributed by atoms with van der Waals surface area (Å²) < 4.78 is 1.35. The lowest BCUT2D eigenvalue weighted by molar-refractivity contribution is -0.117. The van der Waals surface area contributed by atoms with Crippen molar-refractivity contribution in [2.75, 3.05) is 18.1 Å². The number of hydrogen-bond acceptors (Lipinski definition) is 7. The number of amides is 3. The third kappa shape index (κ3) is 4.96. The van der Waals surface area contributed by atoms with Crippen molar-refractivity contribution in [1.82, 2.24) is 30.5 Å². The zero-order valence-electron chi connectivity index (χ0n) is 18.2. The van der Waals surface area contributed by atoms with Crippen LogP contribution < -0.4 is 16.5 Å². The maximum absolute atomic E-state index is 12.0. The highest BCUT2D eigenvalue weighted by Gasteiger charge is 2.18. The third-order valence-electron chi connectivity index (χ3n) is 4.89. The molecule has 4 rings (SSSR count). The van der Waals surface area contributed by atoms with Gasteiger partial charge in [-0.2, -0.15) is 0 Å². The number of fused-ring (bicyclic) bond motifs is 1. The van der Waals surface area contributed by atoms with Crippen molar-refractivity contribution >= 4 is 34.6 Å². The van der Waals surface area contributed by atoms with Crippen LogP contribution in [0.2, 0.25) is 0 Å². The Balaban J connectivity index is 1.65. The molecule has 2 aromatic heterocycles. The van der Waals surface area contributed by atoms with E-state index in [1.54, 1.807) is 6.92 Å². The van der Waals surface area contributed by atoms with Crippen molar-refractivity contribution in [2.24, 2.45) is 0 Å². The van der Waals surface area contributed by atoms with Crippen LogP contribution in [0.5, 0.6) is 0 Å². The van der Waals surface area contributed by atoms with E-state index < -0.39 is 11.9 Å². The second kappa shape index (κ2) is 9.70. The first kappa shape index (κ1) is 22.3. The minimum Gasteiger partial charge on any atom is -0.338 e. The number of hydrogen-bond donors (Lipinski definition) is 3. The number of carbonyl (C=O) groups excluding carboxylic acids is 2. The fraction of sp³-hybridized carbons (Fsp3) is 0.174. The Bertz CT molecular complexity index is 1320. The van der Waals surface area contributed by atoms with Gasteiger partial charge in [0, 0.05) is 23.1 Å². The molecule has 2 aromatic carbocycles. The third-order valence-corrected chi connectivity index (χ3v) is 5.83. The lowest BCUT2D eigenvalue weighted by Crippen LogP contribution is -2.40. The maximum Gasteiger partial charge on any atom is 0.321 e. The van der Waals surface area contributed by atoms with Gasteiger partial charge in [0.2, 0.25) is 11.1 Å². The summed E-state index contributed by atoms with van der Waals surface area (Å²) in [6.45, 7) is 4.23. The lowest BCUT2D eigenvalue weighted by Gasteiger charge is -2.10. The summed E-state index contributed by atoms with van der Waals surface area (Å²) in [5.41, 5.74) is 4.53. The first-order valence-corrected chi connectivity index (χ1v) is 11.3. The molecule has 4 aromatic rings. The van der Waals surface area contributed by atoms with Crippen molar-refractivity contribution in [3.8, 4) is 22.6 Å². The predicted octanol–water partition coefficient (Wildman–Crippen LogP) is 3.12. The van der Waals surface area contributed by atoms with Gasteiger partial charge in [-0.1, -0.05) is 59.8 Å². The van der Waals surface area contributed by atoms with Crippen molar-refractivity contribution in [1.29, 1.82) is 0 Å². The standard InChI is InChI=1S/C23H23N7O2S/c1-3-25-22(32)27-20(31)13-33-23-29-28-21(30(23)24)17-12-19(15-10-8-14(2)9-11-15)26-18-7-5-4-6-16(17)18/h4-12H,3,13,24H2,1-2H3,(H2,25,27,31,32). The number of aryl methyl sites for hydroxylation is 1. The van der Waals surface area contributed by atoms with Crippen molar-refractivity contribution in [3.63, 3.8) is 0 Å². The molecule has 0 unspecified atom stereocenters. The molecule has 2 heterocycles. The van der Waals surface area contributed by atoms with Gasteiger partial charge in [0.25, 0.3) is 0 Å². The zero-order chi connectivity index (χ0) is 23.4. The minimum absolute atomic E-state index is 0.0296. The van der Waals surface area contributed by atoms with Crippen molar-refractivity contribution < 1.29 is 9.59 Å². The number of nitrogens with two attached hydrogens (primary N) is 1. The molecule has 0 saturated carbocycles. The van der Waals surface area contributed by atoms with Crippen LogP contribution in [0.25, 0.3) is 33.5 Å². The van der Waals surface area contributed by atoms with E-state index in [1.165, 1.54) is 10.2 Å². The Morgan fingerprint density at radius 1 is 1.09 bits per heavy atom. The number of para-hydroxylation sites is 1. The van der Waals surface area contributed by atoms with Gasteiger partial charge in [-0.05, 0) is 26.0 Å². The van der Waals surface area contributed by atoms with Crippen LogP contribution in [-0.4, -0.2) is 44.1 Å². The molecule has 0 aliphatic rings. The molecule has 0 saturated heterocycles. The van der Waals surface area contributed by atoms with Gasteiger partial charge in [-0.3, -0.25) is 10.1 Å². The van der Waals surface area contributed by atoms with E-state index in [1.807, 2.05) is 61.5 Å². The summed E-state index contributed by atoms with van der Waals surface area (Å²) in [6, 6.07) is 17.3. The molecule has 0 fully saturated rings. The number of nitrogen functional groups attached to an aromatic ring is 1. The number of imide groups is 1. The Labute approximate surface area is 194 Å². The van der Waals surface area contributed by atoms with Crippen LogP contribution in [0.15, 0.2) is 59.8 Å². The summed E-state index contributed by atoms with van der Waals surface area (Å²) in [5, 5.41) is 14.4. The summed E-state index contributed by atoms with van der Waals surface area (Å²) in [4.78, 5) is 28.3. The Morgan fingerprint density at radius 2 is 1.85 bits per heavy atom. The van der Waals surface area contributed by atoms with Gasteiger partial charge in [0.15, 0.2) is 5.82 Å². The molecule has 0 spiro atoms. The summed E-state index contributed by atoms with van der Waals surface area (Å²) in [7, 11) is 0. The number of nitrogens with one attached hydrogen (secondary N) is 2. The molecule has 0 aliphatic heterocycles. The van der Waals surface area contributed by atoms with Gasteiger partial charge in [-0.25, -0.2) is 14.5 Å². The number of pyridine rings is 1. The number of carbonyl (C=O) groups is 2. The highest BCUT2D eigenvalue weighted by Crippen LogP contribution is 2.32. The molecule has 9 nitrogen and oxygen atoms in total. The molecule has 168 valence electrons. The van der Waals surface area contributed by atoms with Gasteiger partial charge < -0.3 is 11.2 Å². The average molecular weight is 462 g/mol. The maximum atomic E-state index is 12.0. The minimum atomic E-state index is -0.537. The Morgan fingerprint density at radius 3 is 2.61 bits per heavy atom.